The molecule has 3 rings (SSSR count). The molecule has 1 fully saturated rings. The average molecular weight is 432 g/mol. The number of hydrogen-bond acceptors (Lipinski definition) is 10. The number of aliphatic hydroxyl groups is 1. The van der Waals surface area contributed by atoms with Crippen LogP contribution in [0, 0.1) is 0 Å². The van der Waals surface area contributed by atoms with Crippen molar-refractivity contribution in [3.8, 4) is 0 Å². The molecule has 0 spiro atoms. The molecule has 158 valence electrons. The number of azide groups is 1. The fraction of sp³-hybridized carbons (Fsp3) is 0.583. The first kappa shape index (κ1) is 21.2. The number of phosphoric acid groups is 1. The van der Waals surface area contributed by atoms with Crippen molar-refractivity contribution >= 4 is 24.9 Å². The van der Waals surface area contributed by atoms with Gasteiger partial charge >= 0.3 is 7.82 Å². The number of aliphatic hydroxyl groups excluding tert-OH is 1. The van der Waals surface area contributed by atoms with Gasteiger partial charge in [0.15, 0.2) is 17.4 Å². The molecule has 3 heterocycles. The van der Waals surface area contributed by atoms with Crippen molar-refractivity contribution in [3.05, 3.63) is 27.1 Å². The Balaban J connectivity index is 1.91. The largest absolute Gasteiger partial charge is 0.469 e. The van der Waals surface area contributed by atoms with Gasteiger partial charge in [-0.15, -0.1) is 0 Å². The monoisotopic (exact) mass is 432 g/mol. The molecule has 1 aliphatic heterocycles. The van der Waals surface area contributed by atoms with Gasteiger partial charge in [0.05, 0.1) is 19.5 Å². The van der Waals surface area contributed by atoms with Gasteiger partial charge in [-0.1, -0.05) is 5.11 Å². The molecule has 1 saturated heterocycles. The summed E-state index contributed by atoms with van der Waals surface area (Å²) in [7, 11) is -4.81. The number of anilines is 1. The number of hydrogen-bond donors (Lipinski definition) is 5. The van der Waals surface area contributed by atoms with E-state index < -0.39 is 44.5 Å². The third-order valence-corrected chi connectivity index (χ3v) is 4.49. The quantitative estimate of drug-likeness (QED) is 0.109. The number of rotatable bonds is 8. The van der Waals surface area contributed by atoms with Crippen LogP contribution in [0.1, 0.15) is 6.23 Å². The van der Waals surface area contributed by atoms with Crippen LogP contribution >= 0.6 is 7.82 Å². The molecule has 0 saturated carbocycles. The Labute approximate surface area is 161 Å². The fourth-order valence-electron chi connectivity index (χ4n) is 2.83. The second kappa shape index (κ2) is 8.44. The van der Waals surface area contributed by atoms with Crippen LogP contribution in [0.5, 0.6) is 0 Å². The second-order valence-electron chi connectivity index (χ2n) is 5.91. The lowest BCUT2D eigenvalue weighted by atomic mass is 10.1. The lowest BCUT2D eigenvalue weighted by molar-refractivity contribution is -0.0684. The summed E-state index contributed by atoms with van der Waals surface area (Å²) < 4.78 is 27.9. The first-order chi connectivity index (χ1) is 13.7. The van der Waals surface area contributed by atoms with E-state index in [0.29, 0.717) is 0 Å². The maximum absolute atomic E-state index is 12.0. The Morgan fingerprint density at radius 3 is 2.97 bits per heavy atom. The van der Waals surface area contributed by atoms with E-state index in [9.17, 15) is 14.5 Å². The van der Waals surface area contributed by atoms with Crippen LogP contribution in [-0.4, -0.2) is 72.5 Å². The number of fused-ring (bicyclic) bond motifs is 1. The summed E-state index contributed by atoms with van der Waals surface area (Å²) >= 11 is 0. The molecule has 1 aliphatic rings. The number of nitrogens with zero attached hydrogens (tertiary/aromatic N) is 6. The number of nitrogens with two attached hydrogens (primary N) is 1. The van der Waals surface area contributed by atoms with Crippen LogP contribution in [-0.2, 0) is 18.6 Å². The zero-order valence-corrected chi connectivity index (χ0v) is 15.5. The zero-order chi connectivity index (χ0) is 21.2. The number of nitrogen functional groups attached to an aromatic ring is 1. The van der Waals surface area contributed by atoms with Crippen LogP contribution in [0.3, 0.4) is 0 Å². The van der Waals surface area contributed by atoms with Gasteiger partial charge in [0, 0.05) is 11.5 Å². The van der Waals surface area contributed by atoms with Gasteiger partial charge in [0.1, 0.15) is 18.3 Å². The molecule has 2 aromatic rings. The zero-order valence-electron chi connectivity index (χ0n) is 14.6. The molecule has 0 amide bonds. The predicted octanol–water partition coefficient (Wildman–Crippen LogP) is -1.24. The Bertz CT molecular complexity index is 1030. The van der Waals surface area contributed by atoms with Crippen molar-refractivity contribution in [2.75, 3.05) is 25.5 Å². The van der Waals surface area contributed by atoms with Crippen molar-refractivity contribution in [1.82, 2.24) is 19.5 Å². The topological polar surface area (TPSA) is 244 Å². The van der Waals surface area contributed by atoms with Gasteiger partial charge in [-0.2, -0.15) is 4.98 Å². The van der Waals surface area contributed by atoms with Crippen LogP contribution in [0.2, 0.25) is 0 Å². The molecule has 6 N–H and O–H groups in total. The highest BCUT2D eigenvalue weighted by molar-refractivity contribution is 7.46. The Morgan fingerprint density at radius 2 is 2.28 bits per heavy atom. The van der Waals surface area contributed by atoms with Gasteiger partial charge in [-0.05, 0) is 5.53 Å². The summed E-state index contributed by atoms with van der Waals surface area (Å²) in [4.78, 5) is 42.6. The number of nitrogens with one attached hydrogen (secondary N) is 1. The van der Waals surface area contributed by atoms with Crippen LogP contribution in [0.25, 0.3) is 21.6 Å². The summed E-state index contributed by atoms with van der Waals surface area (Å²) in [6.45, 7) is -0.757. The number of phosphoric ester groups is 1. The maximum Gasteiger partial charge on any atom is 0.469 e. The van der Waals surface area contributed by atoms with Gasteiger partial charge in [-0.25, -0.2) is 9.55 Å². The maximum atomic E-state index is 12.0. The van der Waals surface area contributed by atoms with E-state index in [1.807, 2.05) is 0 Å². The Morgan fingerprint density at radius 1 is 1.52 bits per heavy atom. The molecule has 0 aromatic carbocycles. The number of aromatic nitrogens is 4. The molecule has 29 heavy (non-hydrogen) atoms. The van der Waals surface area contributed by atoms with E-state index in [1.165, 1.54) is 10.9 Å². The molecule has 17 heteroatoms. The van der Waals surface area contributed by atoms with Crippen molar-refractivity contribution < 1.29 is 33.5 Å². The molecule has 16 nitrogen and oxygen atoms in total. The smallest absolute Gasteiger partial charge is 0.387 e. The third kappa shape index (κ3) is 4.72. The van der Waals surface area contributed by atoms with E-state index in [0.717, 1.165) is 0 Å². The predicted molar refractivity (Wildman–Crippen MR) is 94.2 cm³/mol. The Kier molecular flexibility index (Phi) is 6.16. The SMILES string of the molecule is [N-]=[N+]=NCCO[C@@H]1[C@H](O)[C@@H](COP(=O)(O)O)O[C@H]1n1cnc2c(=O)[nH]c(N)nc21. The number of aromatic amines is 1. The van der Waals surface area contributed by atoms with E-state index in [4.69, 9.17) is 30.5 Å². The minimum Gasteiger partial charge on any atom is -0.387 e. The second-order valence-corrected chi connectivity index (χ2v) is 7.15. The van der Waals surface area contributed by atoms with E-state index in [-0.39, 0.29) is 30.3 Å². The summed E-state index contributed by atoms with van der Waals surface area (Å²) in [6.07, 6.45) is -3.53. The van der Waals surface area contributed by atoms with E-state index >= 15 is 0 Å². The highest BCUT2D eigenvalue weighted by Gasteiger charge is 2.47. The molecule has 0 unspecified atom stereocenters. The lowest BCUT2D eigenvalue weighted by Crippen LogP contribution is -2.36. The standard InChI is InChI=1S/C12H17N8O8P/c13-12-17-9-6(10(22)18-12)15-4-20(9)11-8(26-2-1-16-19-14)7(21)5(28-11)3-27-29(23,24)25/h4-5,7-8,11,21H,1-3H2,(H2,23,24,25)(H3,13,17,18,22)/t5-,7-,8-,11-/m1/s1. The van der Waals surface area contributed by atoms with Crippen LogP contribution in [0.4, 0.5) is 5.95 Å². The van der Waals surface area contributed by atoms with Crippen LogP contribution < -0.4 is 11.3 Å². The minimum absolute atomic E-state index is 0.0361. The van der Waals surface area contributed by atoms with Crippen molar-refractivity contribution in [3.63, 3.8) is 0 Å². The van der Waals surface area contributed by atoms with Gasteiger partial charge in [0.2, 0.25) is 5.95 Å². The highest BCUT2D eigenvalue weighted by Crippen LogP contribution is 2.39. The van der Waals surface area contributed by atoms with E-state index in [2.05, 4.69) is 29.5 Å². The Hall–Kier alpha value is -2.55. The minimum atomic E-state index is -4.81. The number of imidazole rings is 1. The van der Waals surface area contributed by atoms with Crippen molar-refractivity contribution in [2.24, 2.45) is 5.11 Å². The molecule has 0 radical (unpaired) electrons. The lowest BCUT2D eigenvalue weighted by Gasteiger charge is -2.21. The third-order valence-electron chi connectivity index (χ3n) is 4.01. The fourth-order valence-corrected chi connectivity index (χ4v) is 3.18. The first-order valence-corrected chi connectivity index (χ1v) is 9.62. The van der Waals surface area contributed by atoms with Crippen molar-refractivity contribution in [1.29, 1.82) is 0 Å². The van der Waals surface area contributed by atoms with Gasteiger partial charge in [0.25, 0.3) is 5.56 Å². The van der Waals surface area contributed by atoms with Crippen molar-refractivity contribution in [2.45, 2.75) is 24.5 Å². The summed E-state index contributed by atoms with van der Waals surface area (Å²) in [5.41, 5.74) is 13.3. The molecular formula is C12H17N8O8P. The molecule has 2 aromatic heterocycles. The average Bonchev–Trinajstić information content (AvgIpc) is 3.18. The molecule has 0 aliphatic carbocycles. The highest BCUT2D eigenvalue weighted by atomic mass is 31.2. The van der Waals surface area contributed by atoms with Gasteiger partial charge in [-0.3, -0.25) is 18.9 Å². The number of ether oxygens (including phenoxy) is 2. The summed E-state index contributed by atoms with van der Waals surface area (Å²) in [6, 6.07) is 0. The van der Waals surface area contributed by atoms with E-state index in [1.54, 1.807) is 0 Å². The number of H-pyrrole nitrogens is 1. The normalized spacial score (nSPS) is 24.7. The summed E-state index contributed by atoms with van der Waals surface area (Å²) in [5.74, 6) is -0.176. The molecule has 0 bridgehead atoms. The molecular weight excluding hydrogens is 415 g/mol. The molecule has 4 atom stereocenters. The van der Waals surface area contributed by atoms with Gasteiger partial charge < -0.3 is 30.1 Å². The van der Waals surface area contributed by atoms with Crippen LogP contribution in [0.15, 0.2) is 16.2 Å². The first-order valence-electron chi connectivity index (χ1n) is 8.09. The summed E-state index contributed by atoms with van der Waals surface area (Å²) in [5, 5.41) is 13.8.